The Morgan fingerprint density at radius 3 is 2.12 bits per heavy atom. The van der Waals surface area contributed by atoms with E-state index in [9.17, 15) is 0 Å². The van der Waals surface area contributed by atoms with Gasteiger partial charge < -0.3 is 39.0 Å². The second-order valence-corrected chi connectivity index (χ2v) is 6.21. The standard InChI is InChI=1S/C12H22N2O6P4.C2H6/c13-5-2-1-3-6(8(5)14)16-12-11(20-24)10(19-23)9(18-22)7(17-12)4-15-21;1-2/h1-3,7,9-12H,4,13-14,21-24H2;1-2H3/t7-,9?,10+,11-,12-;/m1./s1. The van der Waals surface area contributed by atoms with E-state index >= 15 is 0 Å². The Morgan fingerprint density at radius 1 is 0.962 bits per heavy atom. The van der Waals surface area contributed by atoms with Crippen molar-refractivity contribution in [2.75, 3.05) is 18.1 Å². The van der Waals surface area contributed by atoms with Crippen molar-refractivity contribution in [2.24, 2.45) is 0 Å². The fourth-order valence-corrected chi connectivity index (χ4v) is 3.57. The van der Waals surface area contributed by atoms with Gasteiger partial charge in [0.1, 0.15) is 24.1 Å². The predicted octanol–water partition coefficient (Wildman–Crippen LogP) is 2.31. The van der Waals surface area contributed by atoms with Gasteiger partial charge in [0.15, 0.2) is 6.10 Å². The largest absolute Gasteiger partial charge is 0.460 e. The fourth-order valence-electron chi connectivity index (χ4n) is 2.45. The molecule has 1 aromatic carbocycles. The van der Waals surface area contributed by atoms with Crippen molar-refractivity contribution in [3.8, 4) is 5.75 Å². The van der Waals surface area contributed by atoms with Crippen LogP contribution in [0.4, 0.5) is 11.4 Å². The van der Waals surface area contributed by atoms with Crippen molar-refractivity contribution >= 4 is 49.2 Å². The van der Waals surface area contributed by atoms with E-state index in [1.165, 1.54) is 0 Å². The Morgan fingerprint density at radius 2 is 1.58 bits per heavy atom. The van der Waals surface area contributed by atoms with Crippen LogP contribution in [0.3, 0.4) is 0 Å². The smallest absolute Gasteiger partial charge is 0.229 e. The van der Waals surface area contributed by atoms with Gasteiger partial charge in [-0.05, 0) is 12.1 Å². The van der Waals surface area contributed by atoms with Gasteiger partial charge in [-0.15, -0.1) is 0 Å². The van der Waals surface area contributed by atoms with Crippen molar-refractivity contribution in [3.63, 3.8) is 0 Å². The summed E-state index contributed by atoms with van der Waals surface area (Å²) in [5.41, 5.74) is 12.5. The number of rotatable bonds is 7. The zero-order valence-corrected chi connectivity index (χ0v) is 19.4. The van der Waals surface area contributed by atoms with Crippen LogP contribution in [0.2, 0.25) is 0 Å². The molecule has 9 atom stereocenters. The Bertz CT molecular complexity index is 544. The van der Waals surface area contributed by atoms with Gasteiger partial charge in [0.2, 0.25) is 6.29 Å². The normalized spacial score (nSPS) is 28.2. The van der Waals surface area contributed by atoms with Crippen molar-refractivity contribution < 1.29 is 27.6 Å². The molecular formula is C14H28N2O6P4. The lowest BCUT2D eigenvalue weighted by Gasteiger charge is -2.44. The zero-order chi connectivity index (χ0) is 19.7. The summed E-state index contributed by atoms with van der Waals surface area (Å²) in [5, 5.41) is 0. The van der Waals surface area contributed by atoms with Gasteiger partial charge in [0.05, 0.1) is 18.0 Å². The third kappa shape index (κ3) is 5.82. The first-order chi connectivity index (χ1) is 12.6. The highest BCUT2D eigenvalue weighted by atomic mass is 31.0. The average Bonchev–Trinajstić information content (AvgIpc) is 2.66. The van der Waals surface area contributed by atoms with Crippen LogP contribution in [-0.4, -0.2) is 37.3 Å². The summed E-state index contributed by atoms with van der Waals surface area (Å²) in [7, 11) is 8.77. The van der Waals surface area contributed by atoms with Crippen LogP contribution in [0.5, 0.6) is 5.75 Å². The second kappa shape index (κ2) is 12.6. The van der Waals surface area contributed by atoms with Crippen molar-refractivity contribution in [2.45, 2.75) is 44.6 Å². The lowest BCUT2D eigenvalue weighted by atomic mass is 9.99. The monoisotopic (exact) mass is 444 g/mol. The Labute approximate surface area is 163 Å². The molecule has 1 aliphatic rings. The molecule has 5 unspecified atom stereocenters. The van der Waals surface area contributed by atoms with Gasteiger partial charge in [-0.25, -0.2) is 0 Å². The Balaban J connectivity index is 0.00000163. The third-order valence-corrected chi connectivity index (χ3v) is 4.80. The first-order valence-electron chi connectivity index (χ1n) is 7.91. The van der Waals surface area contributed by atoms with Crippen LogP contribution in [0, 0.1) is 0 Å². The molecule has 0 spiro atoms. The van der Waals surface area contributed by atoms with Gasteiger partial charge in [-0.2, -0.15) is 0 Å². The Kier molecular flexibility index (Phi) is 11.7. The number of hydrogen-bond donors (Lipinski definition) is 2. The molecule has 12 heteroatoms. The SMILES string of the molecule is CC.Nc1cccc(O[C@@H]2O[C@H](COP)C(OP)[C@H](OP)[C@H]2OP)c1N. The molecule has 0 radical (unpaired) electrons. The van der Waals surface area contributed by atoms with Crippen LogP contribution >= 0.6 is 37.9 Å². The number of hydrogen-bond acceptors (Lipinski definition) is 8. The number of nitrogen functional groups attached to an aromatic ring is 2. The van der Waals surface area contributed by atoms with Crippen LogP contribution < -0.4 is 16.2 Å². The van der Waals surface area contributed by atoms with E-state index in [0.717, 1.165) is 0 Å². The van der Waals surface area contributed by atoms with E-state index in [0.29, 0.717) is 17.1 Å². The summed E-state index contributed by atoms with van der Waals surface area (Å²) in [6, 6.07) is 5.12. The first-order valence-corrected chi connectivity index (χ1v) is 9.80. The van der Waals surface area contributed by atoms with E-state index in [1.54, 1.807) is 18.2 Å². The average molecular weight is 444 g/mol. The van der Waals surface area contributed by atoms with Gasteiger partial charge in [-0.3, -0.25) is 0 Å². The number of para-hydroxylation sites is 1. The highest BCUT2D eigenvalue weighted by Gasteiger charge is 2.48. The zero-order valence-electron chi connectivity index (χ0n) is 14.7. The minimum absolute atomic E-state index is 0.254. The molecule has 150 valence electrons. The molecule has 0 aliphatic carbocycles. The molecule has 0 aromatic heterocycles. The topological polar surface area (TPSA) is 107 Å². The lowest BCUT2D eigenvalue weighted by Crippen LogP contribution is -2.60. The minimum atomic E-state index is -0.807. The molecule has 4 N–H and O–H groups in total. The summed E-state index contributed by atoms with van der Waals surface area (Å²) >= 11 is 0. The Hall–Kier alpha value is 0.140. The predicted molar refractivity (Wildman–Crippen MR) is 115 cm³/mol. The van der Waals surface area contributed by atoms with E-state index in [-0.39, 0.29) is 6.61 Å². The summed E-state index contributed by atoms with van der Waals surface area (Å²) < 4.78 is 33.2. The molecule has 0 saturated carbocycles. The molecule has 1 heterocycles. The quantitative estimate of drug-likeness (QED) is 0.488. The summed E-state index contributed by atoms with van der Waals surface area (Å²) in [6.07, 6.45) is -2.79. The van der Waals surface area contributed by atoms with E-state index in [1.807, 2.05) is 13.8 Å². The van der Waals surface area contributed by atoms with Crippen LogP contribution in [0.15, 0.2) is 18.2 Å². The minimum Gasteiger partial charge on any atom is -0.460 e. The molecule has 1 aliphatic heterocycles. The number of ether oxygens (including phenoxy) is 2. The lowest BCUT2D eigenvalue weighted by molar-refractivity contribution is -0.254. The second-order valence-electron chi connectivity index (χ2n) is 5.06. The third-order valence-electron chi connectivity index (χ3n) is 3.67. The van der Waals surface area contributed by atoms with Gasteiger partial charge in [0.25, 0.3) is 0 Å². The molecule has 0 amide bonds. The van der Waals surface area contributed by atoms with Crippen molar-refractivity contribution in [1.29, 1.82) is 0 Å². The van der Waals surface area contributed by atoms with Crippen LogP contribution in [0.25, 0.3) is 0 Å². The highest BCUT2D eigenvalue weighted by molar-refractivity contribution is 7.10. The highest BCUT2D eigenvalue weighted by Crippen LogP contribution is 2.35. The maximum absolute atomic E-state index is 5.96. The molecule has 1 saturated heterocycles. The van der Waals surface area contributed by atoms with Gasteiger partial charge >= 0.3 is 0 Å². The number of benzene rings is 1. The molecule has 8 nitrogen and oxygen atoms in total. The molecular weight excluding hydrogens is 416 g/mol. The van der Waals surface area contributed by atoms with E-state index in [2.05, 4.69) is 37.9 Å². The molecule has 1 aromatic rings. The van der Waals surface area contributed by atoms with Crippen molar-refractivity contribution in [1.82, 2.24) is 0 Å². The van der Waals surface area contributed by atoms with Crippen LogP contribution in [-0.2, 0) is 22.8 Å². The molecule has 1 fully saturated rings. The first kappa shape index (κ1) is 24.2. The molecule has 0 bridgehead atoms. The van der Waals surface area contributed by atoms with Crippen LogP contribution in [0.1, 0.15) is 13.8 Å². The maximum Gasteiger partial charge on any atom is 0.229 e. The van der Waals surface area contributed by atoms with Crippen molar-refractivity contribution in [3.05, 3.63) is 18.2 Å². The van der Waals surface area contributed by atoms with Gasteiger partial charge in [-0.1, -0.05) is 19.9 Å². The summed E-state index contributed by atoms with van der Waals surface area (Å²) in [6.45, 7) is 4.25. The molecule has 2 rings (SSSR count). The molecule has 26 heavy (non-hydrogen) atoms. The maximum atomic E-state index is 5.96. The number of nitrogens with two attached hydrogens (primary N) is 2. The summed E-state index contributed by atoms with van der Waals surface area (Å²) in [5.74, 6) is 0.394. The van der Waals surface area contributed by atoms with E-state index in [4.69, 9.17) is 39.0 Å². The summed E-state index contributed by atoms with van der Waals surface area (Å²) in [4.78, 5) is 0. The van der Waals surface area contributed by atoms with Gasteiger partial charge in [0, 0.05) is 37.9 Å². The number of anilines is 2. The fraction of sp³-hybridized carbons (Fsp3) is 0.571. The van der Waals surface area contributed by atoms with E-state index < -0.39 is 30.7 Å².